The van der Waals surface area contributed by atoms with Gasteiger partial charge in [0.15, 0.2) is 5.65 Å². The number of rotatable bonds is 4. The number of hydrogen-bond donors (Lipinski definition) is 1. The first-order chi connectivity index (χ1) is 13.9. The van der Waals surface area contributed by atoms with Crippen molar-refractivity contribution in [3.05, 3.63) is 57.9 Å². The monoisotopic (exact) mass is 407 g/mol. The lowest BCUT2D eigenvalue weighted by Crippen LogP contribution is -2.43. The van der Waals surface area contributed by atoms with Crippen LogP contribution in [0.1, 0.15) is 12.1 Å². The number of thiophene rings is 1. The van der Waals surface area contributed by atoms with E-state index in [-0.39, 0.29) is 0 Å². The van der Waals surface area contributed by atoms with E-state index < -0.39 is 0 Å². The number of allylic oxidation sites excluding steroid dienone is 3. The third-order valence-electron chi connectivity index (χ3n) is 4.95. The predicted octanol–water partition coefficient (Wildman–Crippen LogP) is 4.24. The van der Waals surface area contributed by atoms with Gasteiger partial charge in [0.25, 0.3) is 0 Å². The summed E-state index contributed by atoms with van der Waals surface area (Å²) in [5, 5.41) is 7.65. The summed E-state index contributed by atoms with van der Waals surface area (Å²) in [6.07, 6.45) is 8.18. The number of piperazine rings is 1. The molecule has 1 saturated heterocycles. The van der Waals surface area contributed by atoms with Crippen molar-refractivity contribution in [3.63, 3.8) is 0 Å². The molecule has 3 aromatic rings. The number of nitrogens with zero attached hydrogens (tertiary/aromatic N) is 4. The average Bonchev–Trinajstić information content (AvgIpc) is 3.29. The molecule has 1 N–H and O–H groups in total. The van der Waals surface area contributed by atoms with Crippen molar-refractivity contribution in [2.45, 2.75) is 12.8 Å². The number of fused-ring (bicyclic) bond motifs is 1. The summed E-state index contributed by atoms with van der Waals surface area (Å²) in [6.45, 7) is 4.00. The number of thioether (sulfide) groups is 1. The summed E-state index contributed by atoms with van der Waals surface area (Å²) in [7, 11) is 0. The highest BCUT2D eigenvalue weighted by Gasteiger charge is 2.17. The molecule has 142 valence electrons. The second kappa shape index (κ2) is 8.03. The molecule has 2 aliphatic rings. The van der Waals surface area contributed by atoms with Gasteiger partial charge in [-0.25, -0.2) is 15.0 Å². The molecule has 3 aromatic heterocycles. The van der Waals surface area contributed by atoms with Gasteiger partial charge in [0.1, 0.15) is 11.2 Å². The average molecular weight is 408 g/mol. The lowest BCUT2D eigenvalue weighted by molar-refractivity contribution is 0.589. The molecule has 1 fully saturated rings. The van der Waals surface area contributed by atoms with Gasteiger partial charge in [-0.05, 0) is 34.2 Å². The van der Waals surface area contributed by atoms with Crippen LogP contribution in [0.5, 0.6) is 0 Å². The van der Waals surface area contributed by atoms with Crippen LogP contribution in [0, 0.1) is 0 Å². The normalized spacial score (nSPS) is 17.1. The van der Waals surface area contributed by atoms with Crippen molar-refractivity contribution in [2.75, 3.05) is 31.1 Å². The molecule has 0 spiro atoms. The maximum Gasteiger partial charge on any atom is 0.178 e. The van der Waals surface area contributed by atoms with Crippen LogP contribution >= 0.6 is 23.1 Å². The predicted molar refractivity (Wildman–Crippen MR) is 119 cm³/mol. The van der Waals surface area contributed by atoms with E-state index in [0.717, 1.165) is 72.1 Å². The highest BCUT2D eigenvalue weighted by Crippen LogP contribution is 2.32. The summed E-state index contributed by atoms with van der Waals surface area (Å²) in [6, 6.07) is 6.33. The van der Waals surface area contributed by atoms with E-state index in [0.29, 0.717) is 0 Å². The quantitative estimate of drug-likeness (QED) is 0.698. The Hall–Kier alpha value is -2.22. The van der Waals surface area contributed by atoms with E-state index in [1.807, 2.05) is 6.20 Å². The van der Waals surface area contributed by atoms with Crippen LogP contribution in [0.15, 0.2) is 52.2 Å². The molecule has 0 aromatic carbocycles. The number of nitrogens with one attached hydrogen (secondary N) is 1. The van der Waals surface area contributed by atoms with Crippen molar-refractivity contribution < 1.29 is 0 Å². The molecule has 28 heavy (non-hydrogen) atoms. The highest BCUT2D eigenvalue weighted by molar-refractivity contribution is 8.05. The minimum Gasteiger partial charge on any atom is -0.368 e. The second-order valence-corrected chi connectivity index (χ2v) is 8.82. The van der Waals surface area contributed by atoms with E-state index in [1.54, 1.807) is 23.1 Å². The molecule has 0 atom stereocenters. The fourth-order valence-electron chi connectivity index (χ4n) is 3.52. The van der Waals surface area contributed by atoms with Crippen molar-refractivity contribution in [2.24, 2.45) is 0 Å². The van der Waals surface area contributed by atoms with Crippen molar-refractivity contribution in [3.8, 4) is 10.6 Å². The van der Waals surface area contributed by atoms with E-state index in [1.165, 1.54) is 4.91 Å². The summed E-state index contributed by atoms with van der Waals surface area (Å²) in [5.41, 5.74) is 4.72. The minimum atomic E-state index is 0.728. The van der Waals surface area contributed by atoms with Gasteiger partial charge >= 0.3 is 0 Å². The maximum atomic E-state index is 5.03. The summed E-state index contributed by atoms with van der Waals surface area (Å²) in [4.78, 5) is 19.5. The first kappa shape index (κ1) is 17.8. The molecule has 2 aliphatic heterocycles. The molecule has 0 aliphatic carbocycles. The van der Waals surface area contributed by atoms with E-state index >= 15 is 0 Å². The van der Waals surface area contributed by atoms with E-state index in [2.05, 4.69) is 56.3 Å². The molecule has 0 unspecified atom stereocenters. The Labute approximate surface area is 172 Å². The fraction of sp³-hybridized carbons (Fsp3) is 0.286. The zero-order valence-electron chi connectivity index (χ0n) is 15.5. The first-order valence-corrected chi connectivity index (χ1v) is 11.3. The lowest BCUT2D eigenvalue weighted by Gasteiger charge is -2.29. The lowest BCUT2D eigenvalue weighted by atomic mass is 10.1. The standard InChI is InChI=1S/C21H21N5S2/c1-2-10-27-16(4-1)13-17-20(19-5-3-11-28-19)24-18-12-15(14-23-21(18)25-17)26-8-6-22-7-9-26/h2-5,10-12,14,22H,1,6-9,13H2. The largest absolute Gasteiger partial charge is 0.368 e. The van der Waals surface area contributed by atoms with Crippen LogP contribution in [-0.4, -0.2) is 41.1 Å². The van der Waals surface area contributed by atoms with Gasteiger partial charge in [0.05, 0.1) is 22.5 Å². The third kappa shape index (κ3) is 3.70. The number of pyridine rings is 1. The van der Waals surface area contributed by atoms with E-state index in [4.69, 9.17) is 9.97 Å². The smallest absolute Gasteiger partial charge is 0.178 e. The Morgan fingerprint density at radius 1 is 1.18 bits per heavy atom. The third-order valence-corrected chi connectivity index (χ3v) is 6.77. The fourth-order valence-corrected chi connectivity index (χ4v) is 5.05. The Morgan fingerprint density at radius 3 is 2.89 bits per heavy atom. The molecule has 0 saturated carbocycles. The van der Waals surface area contributed by atoms with Gasteiger partial charge in [-0.1, -0.05) is 18.2 Å². The Balaban J connectivity index is 1.56. The van der Waals surface area contributed by atoms with Gasteiger partial charge in [0, 0.05) is 32.6 Å². The number of anilines is 1. The molecule has 5 rings (SSSR count). The molecule has 0 bridgehead atoms. The number of hydrogen-bond acceptors (Lipinski definition) is 7. The molecular formula is C21H21N5S2. The van der Waals surface area contributed by atoms with Gasteiger partial charge in [0.2, 0.25) is 0 Å². The zero-order chi connectivity index (χ0) is 18.8. The summed E-state index contributed by atoms with van der Waals surface area (Å²) in [5.74, 6) is 0. The Kier molecular flexibility index (Phi) is 5.12. The second-order valence-electron chi connectivity index (χ2n) is 6.84. The SMILES string of the molecule is C1=CSC(Cc2nc3ncc(N4CCNCC4)cc3nc2-c2cccs2)=CC1. The zero-order valence-corrected chi connectivity index (χ0v) is 17.1. The first-order valence-electron chi connectivity index (χ1n) is 9.54. The van der Waals surface area contributed by atoms with Crippen LogP contribution in [-0.2, 0) is 6.42 Å². The van der Waals surface area contributed by atoms with E-state index in [9.17, 15) is 0 Å². The van der Waals surface area contributed by atoms with Crippen LogP contribution in [0.25, 0.3) is 21.7 Å². The van der Waals surface area contributed by atoms with Crippen molar-refractivity contribution in [1.29, 1.82) is 0 Å². The van der Waals surface area contributed by atoms with Gasteiger partial charge in [-0.2, -0.15) is 0 Å². The molecular weight excluding hydrogens is 386 g/mol. The van der Waals surface area contributed by atoms with Crippen LogP contribution in [0.4, 0.5) is 5.69 Å². The molecule has 5 heterocycles. The topological polar surface area (TPSA) is 53.9 Å². The Bertz CT molecular complexity index is 1040. The number of aromatic nitrogens is 3. The highest BCUT2D eigenvalue weighted by atomic mass is 32.2. The molecule has 0 radical (unpaired) electrons. The van der Waals surface area contributed by atoms with Gasteiger partial charge < -0.3 is 10.2 Å². The molecule has 7 heteroatoms. The van der Waals surface area contributed by atoms with Crippen molar-refractivity contribution >= 4 is 39.9 Å². The van der Waals surface area contributed by atoms with Crippen molar-refractivity contribution in [1.82, 2.24) is 20.3 Å². The van der Waals surface area contributed by atoms with Gasteiger partial charge in [-0.3, -0.25) is 0 Å². The Morgan fingerprint density at radius 2 is 2.11 bits per heavy atom. The van der Waals surface area contributed by atoms with Crippen LogP contribution in [0.2, 0.25) is 0 Å². The van der Waals surface area contributed by atoms with Gasteiger partial charge in [-0.15, -0.1) is 23.1 Å². The summed E-state index contributed by atoms with van der Waals surface area (Å²) < 4.78 is 0. The van der Waals surface area contributed by atoms with Crippen LogP contribution in [0.3, 0.4) is 0 Å². The maximum absolute atomic E-state index is 5.03. The molecule has 5 nitrogen and oxygen atoms in total. The van der Waals surface area contributed by atoms with Crippen LogP contribution < -0.4 is 10.2 Å². The molecule has 0 amide bonds. The minimum absolute atomic E-state index is 0.728. The summed E-state index contributed by atoms with van der Waals surface area (Å²) >= 11 is 3.48.